The maximum absolute atomic E-state index is 12.6. The summed E-state index contributed by atoms with van der Waals surface area (Å²) in [5.74, 6) is 0.450. The summed E-state index contributed by atoms with van der Waals surface area (Å²) < 4.78 is 1.63. The number of carbonyl (C=O) groups is 1. The van der Waals surface area contributed by atoms with Gasteiger partial charge in [-0.25, -0.2) is 4.98 Å². The lowest BCUT2D eigenvalue weighted by molar-refractivity contribution is 0.0761. The van der Waals surface area contributed by atoms with E-state index in [1.807, 2.05) is 30.3 Å². The molecule has 0 spiro atoms. The van der Waals surface area contributed by atoms with Crippen molar-refractivity contribution >= 4 is 5.91 Å². The molecule has 1 atom stereocenters. The van der Waals surface area contributed by atoms with Crippen molar-refractivity contribution in [2.24, 2.45) is 0 Å². The zero-order valence-electron chi connectivity index (χ0n) is 13.9. The van der Waals surface area contributed by atoms with Gasteiger partial charge in [-0.15, -0.1) is 10.2 Å². The van der Waals surface area contributed by atoms with Gasteiger partial charge in [0.15, 0.2) is 0 Å². The second-order valence-electron chi connectivity index (χ2n) is 5.71. The van der Waals surface area contributed by atoms with Crippen LogP contribution in [-0.4, -0.2) is 49.3 Å². The van der Waals surface area contributed by atoms with E-state index in [2.05, 4.69) is 15.2 Å². The van der Waals surface area contributed by atoms with E-state index in [1.54, 1.807) is 34.8 Å². The van der Waals surface area contributed by atoms with Crippen LogP contribution >= 0.6 is 0 Å². The van der Waals surface area contributed by atoms with Crippen LogP contribution in [0.2, 0.25) is 0 Å². The van der Waals surface area contributed by atoms with Gasteiger partial charge in [0.05, 0.1) is 6.10 Å². The van der Waals surface area contributed by atoms with E-state index in [4.69, 9.17) is 0 Å². The van der Waals surface area contributed by atoms with Gasteiger partial charge in [0, 0.05) is 25.4 Å². The largest absolute Gasteiger partial charge is 0.388 e. The van der Waals surface area contributed by atoms with Gasteiger partial charge in [-0.1, -0.05) is 30.3 Å². The Bertz CT molecular complexity index is 821. The number of amides is 1. The highest BCUT2D eigenvalue weighted by Crippen LogP contribution is 2.17. The average Bonchev–Trinajstić information content (AvgIpc) is 3.21. The topological polar surface area (TPSA) is 84.1 Å². The zero-order chi connectivity index (χ0) is 17.6. The van der Waals surface area contributed by atoms with Crippen molar-refractivity contribution < 1.29 is 9.90 Å². The first-order valence-electron chi connectivity index (χ1n) is 7.94. The number of benzene rings is 1. The molecule has 1 N–H and O–H groups in total. The number of carbonyl (C=O) groups excluding carboxylic acids is 1. The molecule has 0 aliphatic rings. The molecular weight excluding hydrogens is 318 g/mol. The fourth-order valence-corrected chi connectivity index (χ4v) is 2.49. The van der Waals surface area contributed by atoms with E-state index in [-0.39, 0.29) is 5.91 Å². The molecule has 7 nitrogen and oxygen atoms in total. The summed E-state index contributed by atoms with van der Waals surface area (Å²) in [6.45, 7) is 0.444. The third kappa shape index (κ3) is 4.07. The third-order valence-corrected chi connectivity index (χ3v) is 3.94. The molecule has 2 aromatic heterocycles. The Kier molecular flexibility index (Phi) is 5.15. The molecule has 0 saturated heterocycles. The number of aliphatic hydroxyl groups excluding tert-OH is 1. The van der Waals surface area contributed by atoms with Gasteiger partial charge in [0.25, 0.3) is 5.91 Å². The standard InChI is InChI=1S/C18H19N5O2/c1-22(10-8-16(24)14-5-3-2-4-6-14)18(25)15-7-9-19-17(11-15)23-12-20-21-13-23/h2-7,9,11-13,16,24H,8,10H2,1H3/t16-/m1/s1. The van der Waals surface area contributed by atoms with Gasteiger partial charge < -0.3 is 10.0 Å². The predicted molar refractivity (Wildman–Crippen MR) is 92.1 cm³/mol. The minimum absolute atomic E-state index is 0.128. The van der Waals surface area contributed by atoms with E-state index in [1.165, 1.54) is 12.7 Å². The SMILES string of the molecule is CN(CC[C@@H](O)c1ccccc1)C(=O)c1ccnc(-n2cnnc2)c1. The van der Waals surface area contributed by atoms with Gasteiger partial charge in [0.1, 0.15) is 18.5 Å². The molecule has 0 aliphatic heterocycles. The highest BCUT2D eigenvalue weighted by molar-refractivity contribution is 5.94. The molecule has 2 heterocycles. The van der Waals surface area contributed by atoms with Crippen LogP contribution in [0.1, 0.15) is 28.4 Å². The molecule has 0 fully saturated rings. The normalized spacial score (nSPS) is 11.9. The molecule has 1 amide bonds. The number of nitrogens with zero attached hydrogens (tertiary/aromatic N) is 5. The van der Waals surface area contributed by atoms with Gasteiger partial charge in [0.2, 0.25) is 0 Å². The van der Waals surface area contributed by atoms with Crippen LogP contribution in [-0.2, 0) is 0 Å². The Labute approximate surface area is 145 Å². The number of pyridine rings is 1. The minimum Gasteiger partial charge on any atom is -0.388 e. The molecule has 7 heteroatoms. The predicted octanol–water partition coefficient (Wildman–Crippen LogP) is 1.86. The molecule has 0 bridgehead atoms. The van der Waals surface area contributed by atoms with Crippen molar-refractivity contribution in [1.82, 2.24) is 24.6 Å². The Morgan fingerprint density at radius 3 is 2.64 bits per heavy atom. The summed E-state index contributed by atoms with van der Waals surface area (Å²) in [4.78, 5) is 18.4. The molecule has 3 rings (SSSR count). The summed E-state index contributed by atoms with van der Waals surface area (Å²) in [7, 11) is 1.72. The van der Waals surface area contributed by atoms with Crippen LogP contribution in [0.5, 0.6) is 0 Å². The van der Waals surface area contributed by atoms with Crippen LogP contribution in [0.3, 0.4) is 0 Å². The second kappa shape index (κ2) is 7.67. The average molecular weight is 337 g/mol. The molecule has 128 valence electrons. The molecule has 3 aromatic rings. The van der Waals surface area contributed by atoms with Gasteiger partial charge in [-0.05, 0) is 24.1 Å². The van der Waals surface area contributed by atoms with E-state index in [9.17, 15) is 9.90 Å². The van der Waals surface area contributed by atoms with Crippen LogP contribution in [0, 0.1) is 0 Å². The Balaban J connectivity index is 1.63. The van der Waals surface area contributed by atoms with E-state index in [0.717, 1.165) is 5.56 Å². The number of hydrogen-bond acceptors (Lipinski definition) is 5. The highest BCUT2D eigenvalue weighted by Gasteiger charge is 2.15. The molecule has 0 radical (unpaired) electrons. The fraction of sp³-hybridized carbons (Fsp3) is 0.222. The molecule has 0 saturated carbocycles. The lowest BCUT2D eigenvalue weighted by atomic mass is 10.1. The summed E-state index contributed by atoms with van der Waals surface area (Å²) in [6, 6.07) is 12.8. The van der Waals surface area contributed by atoms with Crippen LogP contribution < -0.4 is 0 Å². The van der Waals surface area contributed by atoms with E-state index >= 15 is 0 Å². The summed E-state index contributed by atoms with van der Waals surface area (Å²) >= 11 is 0. The number of aliphatic hydroxyl groups is 1. The van der Waals surface area contributed by atoms with Crippen molar-refractivity contribution in [2.45, 2.75) is 12.5 Å². The highest BCUT2D eigenvalue weighted by atomic mass is 16.3. The molecule has 0 aliphatic carbocycles. The molecule has 0 unspecified atom stereocenters. The monoisotopic (exact) mass is 337 g/mol. The number of hydrogen-bond donors (Lipinski definition) is 1. The maximum Gasteiger partial charge on any atom is 0.253 e. The summed E-state index contributed by atoms with van der Waals surface area (Å²) in [6.07, 6.45) is 4.50. The van der Waals surface area contributed by atoms with E-state index in [0.29, 0.717) is 24.3 Å². The van der Waals surface area contributed by atoms with Crippen molar-refractivity contribution in [3.8, 4) is 5.82 Å². The van der Waals surface area contributed by atoms with Crippen LogP contribution in [0.15, 0.2) is 61.3 Å². The zero-order valence-corrected chi connectivity index (χ0v) is 13.9. The van der Waals surface area contributed by atoms with Crippen molar-refractivity contribution in [2.75, 3.05) is 13.6 Å². The number of aromatic nitrogens is 4. The Hall–Kier alpha value is -3.06. The summed E-state index contributed by atoms with van der Waals surface area (Å²) in [5, 5.41) is 17.7. The van der Waals surface area contributed by atoms with E-state index < -0.39 is 6.10 Å². The maximum atomic E-state index is 12.6. The van der Waals surface area contributed by atoms with Crippen LogP contribution in [0.25, 0.3) is 5.82 Å². The molecular formula is C18H19N5O2. The molecule has 1 aromatic carbocycles. The van der Waals surface area contributed by atoms with Gasteiger partial charge in [-0.2, -0.15) is 0 Å². The minimum atomic E-state index is -0.596. The Morgan fingerprint density at radius 2 is 1.92 bits per heavy atom. The Morgan fingerprint density at radius 1 is 1.20 bits per heavy atom. The third-order valence-electron chi connectivity index (χ3n) is 3.94. The smallest absolute Gasteiger partial charge is 0.253 e. The lowest BCUT2D eigenvalue weighted by Crippen LogP contribution is -2.28. The van der Waals surface area contributed by atoms with Crippen LogP contribution in [0.4, 0.5) is 0 Å². The first-order chi connectivity index (χ1) is 12.1. The van der Waals surface area contributed by atoms with Gasteiger partial charge in [-0.3, -0.25) is 9.36 Å². The van der Waals surface area contributed by atoms with Crippen molar-refractivity contribution in [3.05, 3.63) is 72.4 Å². The van der Waals surface area contributed by atoms with Crippen molar-refractivity contribution in [1.29, 1.82) is 0 Å². The first-order valence-corrected chi connectivity index (χ1v) is 7.94. The quantitative estimate of drug-likeness (QED) is 0.742. The molecule has 25 heavy (non-hydrogen) atoms. The van der Waals surface area contributed by atoms with Crippen molar-refractivity contribution in [3.63, 3.8) is 0 Å². The first kappa shape index (κ1) is 16.8. The number of rotatable bonds is 6. The van der Waals surface area contributed by atoms with Gasteiger partial charge >= 0.3 is 0 Å². The lowest BCUT2D eigenvalue weighted by Gasteiger charge is -2.19. The fourth-order valence-electron chi connectivity index (χ4n) is 2.49. The summed E-state index contributed by atoms with van der Waals surface area (Å²) in [5.41, 5.74) is 1.37. The second-order valence-corrected chi connectivity index (χ2v) is 5.71.